The van der Waals surface area contributed by atoms with E-state index in [2.05, 4.69) is 0 Å². The van der Waals surface area contributed by atoms with E-state index in [9.17, 15) is 9.90 Å². The lowest BCUT2D eigenvalue weighted by Crippen LogP contribution is -2.46. The summed E-state index contributed by atoms with van der Waals surface area (Å²) < 4.78 is 0.735. The van der Waals surface area contributed by atoms with Crippen LogP contribution in [-0.4, -0.2) is 34.0 Å². The van der Waals surface area contributed by atoms with Crippen LogP contribution in [0.3, 0.4) is 0 Å². The number of carbonyl (C=O) groups excluding carboxylic acids is 1. The Kier molecular flexibility index (Phi) is 4.53. The molecule has 1 aromatic carbocycles. The third-order valence-electron chi connectivity index (χ3n) is 3.94. The zero-order valence-electron chi connectivity index (χ0n) is 11.2. The van der Waals surface area contributed by atoms with Crippen molar-refractivity contribution in [3.05, 3.63) is 27.3 Å². The van der Waals surface area contributed by atoms with E-state index < -0.39 is 0 Å². The van der Waals surface area contributed by atoms with E-state index in [1.165, 1.54) is 6.07 Å². The molecule has 0 radical (unpaired) electrons. The van der Waals surface area contributed by atoms with Crippen LogP contribution >= 0.6 is 34.8 Å². The number of likely N-dealkylation sites (tertiary alicyclic amines) is 1. The summed E-state index contributed by atoms with van der Waals surface area (Å²) in [6.45, 7) is 3.33. The molecule has 1 saturated heterocycles. The lowest BCUT2D eigenvalue weighted by molar-refractivity contribution is 0.0670. The SMILES string of the molecule is CC1(C(N)=S)CCN(C(=O)c2ccc(I)c(O)c2)CC1. The number of nitrogens with two attached hydrogens (primary N) is 1. The molecule has 0 bridgehead atoms. The molecule has 2 rings (SSSR count). The number of hydrogen-bond donors (Lipinski definition) is 2. The maximum Gasteiger partial charge on any atom is 0.253 e. The maximum absolute atomic E-state index is 12.4. The number of halogens is 1. The number of hydrogen-bond acceptors (Lipinski definition) is 3. The zero-order chi connectivity index (χ0) is 14.9. The summed E-state index contributed by atoms with van der Waals surface area (Å²) in [5.41, 5.74) is 6.13. The van der Waals surface area contributed by atoms with Gasteiger partial charge in [0.2, 0.25) is 0 Å². The van der Waals surface area contributed by atoms with E-state index in [0.29, 0.717) is 23.6 Å². The first kappa shape index (κ1) is 15.5. The Morgan fingerprint density at radius 1 is 1.45 bits per heavy atom. The Morgan fingerprint density at radius 3 is 2.55 bits per heavy atom. The molecule has 108 valence electrons. The highest BCUT2D eigenvalue weighted by Crippen LogP contribution is 2.32. The third kappa shape index (κ3) is 3.06. The van der Waals surface area contributed by atoms with Gasteiger partial charge in [0, 0.05) is 24.1 Å². The van der Waals surface area contributed by atoms with E-state index in [-0.39, 0.29) is 17.1 Å². The second-order valence-corrected chi connectivity index (χ2v) is 6.99. The summed E-state index contributed by atoms with van der Waals surface area (Å²) in [6, 6.07) is 5.00. The van der Waals surface area contributed by atoms with E-state index in [4.69, 9.17) is 18.0 Å². The molecule has 3 N–H and O–H groups in total. The van der Waals surface area contributed by atoms with Crippen molar-refractivity contribution < 1.29 is 9.90 Å². The van der Waals surface area contributed by atoms with Crippen molar-refractivity contribution in [2.75, 3.05) is 13.1 Å². The standard InChI is InChI=1S/C14H17IN2O2S/c1-14(13(16)20)4-6-17(7-5-14)12(19)9-2-3-10(15)11(18)8-9/h2-3,8,18H,4-7H2,1H3,(H2,16,20). The Balaban J connectivity index is 2.08. The Labute approximate surface area is 137 Å². The summed E-state index contributed by atoms with van der Waals surface area (Å²) in [6.07, 6.45) is 1.56. The highest BCUT2D eigenvalue weighted by molar-refractivity contribution is 14.1. The van der Waals surface area contributed by atoms with Gasteiger partial charge in [0.25, 0.3) is 5.91 Å². The topological polar surface area (TPSA) is 66.6 Å². The number of nitrogens with zero attached hydrogens (tertiary/aromatic N) is 1. The molecule has 0 unspecified atom stereocenters. The van der Waals surface area contributed by atoms with E-state index in [1.54, 1.807) is 17.0 Å². The highest BCUT2D eigenvalue weighted by Gasteiger charge is 2.34. The van der Waals surface area contributed by atoms with Crippen molar-refractivity contribution in [3.63, 3.8) is 0 Å². The highest BCUT2D eigenvalue weighted by atomic mass is 127. The minimum atomic E-state index is -0.152. The summed E-state index contributed by atoms with van der Waals surface area (Å²) in [5, 5.41) is 9.69. The number of phenolic OH excluding ortho intramolecular Hbond substituents is 1. The molecule has 0 atom stereocenters. The molecule has 4 nitrogen and oxygen atoms in total. The number of aromatic hydroxyl groups is 1. The smallest absolute Gasteiger partial charge is 0.253 e. The van der Waals surface area contributed by atoms with Crippen LogP contribution in [0.15, 0.2) is 18.2 Å². The van der Waals surface area contributed by atoms with Gasteiger partial charge in [-0.3, -0.25) is 4.79 Å². The van der Waals surface area contributed by atoms with Gasteiger partial charge in [-0.15, -0.1) is 0 Å². The number of phenols is 1. The fourth-order valence-electron chi connectivity index (χ4n) is 2.28. The molecule has 1 aliphatic heterocycles. The molecule has 0 aromatic heterocycles. The Morgan fingerprint density at radius 2 is 2.05 bits per heavy atom. The van der Waals surface area contributed by atoms with Gasteiger partial charge in [0.15, 0.2) is 0 Å². The number of piperidine rings is 1. The largest absolute Gasteiger partial charge is 0.507 e. The van der Waals surface area contributed by atoms with Crippen LogP contribution in [0.1, 0.15) is 30.1 Å². The van der Waals surface area contributed by atoms with Crippen LogP contribution in [0.25, 0.3) is 0 Å². The van der Waals surface area contributed by atoms with Crippen molar-refractivity contribution in [2.24, 2.45) is 11.1 Å². The summed E-state index contributed by atoms with van der Waals surface area (Å²) >= 11 is 7.13. The summed E-state index contributed by atoms with van der Waals surface area (Å²) in [4.78, 5) is 14.7. The first-order chi connectivity index (χ1) is 9.33. The predicted molar refractivity (Wildman–Crippen MR) is 90.9 cm³/mol. The molecule has 1 aliphatic rings. The molecule has 1 amide bonds. The monoisotopic (exact) mass is 404 g/mol. The quantitative estimate of drug-likeness (QED) is 0.588. The van der Waals surface area contributed by atoms with Crippen molar-refractivity contribution in [1.82, 2.24) is 4.90 Å². The summed E-state index contributed by atoms with van der Waals surface area (Å²) in [7, 11) is 0. The first-order valence-corrected chi connectivity index (χ1v) is 7.90. The molecule has 1 fully saturated rings. The van der Waals surface area contributed by atoms with Gasteiger partial charge in [-0.1, -0.05) is 19.1 Å². The number of carbonyl (C=O) groups is 1. The van der Waals surface area contributed by atoms with E-state index >= 15 is 0 Å². The number of benzene rings is 1. The second kappa shape index (κ2) is 5.85. The molecule has 0 spiro atoms. The number of amides is 1. The van der Waals surface area contributed by atoms with Crippen LogP contribution in [0, 0.1) is 8.99 Å². The van der Waals surface area contributed by atoms with Crippen LogP contribution < -0.4 is 5.73 Å². The maximum atomic E-state index is 12.4. The van der Waals surface area contributed by atoms with Crippen molar-refractivity contribution in [2.45, 2.75) is 19.8 Å². The first-order valence-electron chi connectivity index (χ1n) is 6.41. The molecule has 0 aliphatic carbocycles. The molecular formula is C14H17IN2O2S. The predicted octanol–water partition coefficient (Wildman–Crippen LogP) is 2.53. The van der Waals surface area contributed by atoms with Gasteiger partial charge >= 0.3 is 0 Å². The van der Waals surface area contributed by atoms with Gasteiger partial charge in [-0.2, -0.15) is 0 Å². The molecule has 0 saturated carbocycles. The van der Waals surface area contributed by atoms with Gasteiger partial charge in [-0.05, 0) is 53.6 Å². The van der Waals surface area contributed by atoms with Gasteiger partial charge in [-0.25, -0.2) is 0 Å². The van der Waals surface area contributed by atoms with Gasteiger partial charge < -0.3 is 15.7 Å². The minimum absolute atomic E-state index is 0.0540. The summed E-state index contributed by atoms with van der Waals surface area (Å²) in [5.74, 6) is 0.0862. The van der Waals surface area contributed by atoms with Crippen molar-refractivity contribution in [3.8, 4) is 5.75 Å². The fourth-order valence-corrected chi connectivity index (χ4v) is 2.82. The molecular weight excluding hydrogens is 387 g/mol. The molecule has 6 heteroatoms. The average molecular weight is 404 g/mol. The lowest BCUT2D eigenvalue weighted by Gasteiger charge is -2.38. The van der Waals surface area contributed by atoms with Crippen LogP contribution in [0.5, 0.6) is 5.75 Å². The Hall–Kier alpha value is -0.890. The van der Waals surface area contributed by atoms with Gasteiger partial charge in [0.1, 0.15) is 5.75 Å². The molecule has 1 aromatic rings. The van der Waals surface area contributed by atoms with Crippen molar-refractivity contribution >= 4 is 45.7 Å². The van der Waals surface area contributed by atoms with Crippen LogP contribution in [0.4, 0.5) is 0 Å². The van der Waals surface area contributed by atoms with Crippen LogP contribution in [0.2, 0.25) is 0 Å². The number of rotatable bonds is 2. The Bertz CT molecular complexity index is 554. The normalized spacial score (nSPS) is 17.8. The van der Waals surface area contributed by atoms with Crippen molar-refractivity contribution in [1.29, 1.82) is 0 Å². The van der Waals surface area contributed by atoms with E-state index in [0.717, 1.165) is 16.4 Å². The second-order valence-electron chi connectivity index (χ2n) is 5.38. The number of thiocarbonyl (C=S) groups is 1. The third-order valence-corrected chi connectivity index (χ3v) is 5.35. The fraction of sp³-hybridized carbons (Fsp3) is 0.429. The average Bonchev–Trinajstić information content (AvgIpc) is 2.42. The molecule has 1 heterocycles. The van der Waals surface area contributed by atoms with Gasteiger partial charge in [0.05, 0.1) is 8.56 Å². The van der Waals surface area contributed by atoms with Crippen LogP contribution in [-0.2, 0) is 0 Å². The van der Waals surface area contributed by atoms with E-state index in [1.807, 2.05) is 29.5 Å². The lowest BCUT2D eigenvalue weighted by atomic mass is 9.80. The minimum Gasteiger partial charge on any atom is -0.507 e. The molecule has 20 heavy (non-hydrogen) atoms. The zero-order valence-corrected chi connectivity index (χ0v) is 14.2.